The molecule has 0 bridgehead atoms. The van der Waals surface area contributed by atoms with E-state index in [9.17, 15) is 4.79 Å². The van der Waals surface area contributed by atoms with Crippen molar-refractivity contribution in [1.29, 1.82) is 0 Å². The highest BCUT2D eigenvalue weighted by Gasteiger charge is 2.38. The molecule has 162 valence electrons. The highest BCUT2D eigenvalue weighted by Crippen LogP contribution is 2.47. The number of anilines is 1. The number of aromatic nitrogens is 4. The van der Waals surface area contributed by atoms with Crippen LogP contribution in [0.2, 0.25) is 0 Å². The van der Waals surface area contributed by atoms with E-state index in [4.69, 9.17) is 9.26 Å². The molecule has 32 heavy (non-hydrogen) atoms. The van der Waals surface area contributed by atoms with Crippen LogP contribution in [-0.2, 0) is 13.0 Å². The van der Waals surface area contributed by atoms with Crippen LogP contribution in [0.3, 0.4) is 0 Å². The monoisotopic (exact) mass is 429 g/mol. The van der Waals surface area contributed by atoms with Gasteiger partial charge in [0.25, 0.3) is 0 Å². The SMILES string of the molecule is COc1ccc(CNc2ncnc3[nH]c4c(c23)-c2noc(C3CC3)c2C(=O)CC4)c(C)c1. The molecule has 3 aromatic heterocycles. The molecular formula is C24H23N5O3. The molecule has 0 atom stereocenters. The summed E-state index contributed by atoms with van der Waals surface area (Å²) in [6.07, 6.45) is 4.68. The van der Waals surface area contributed by atoms with Gasteiger partial charge in [-0.1, -0.05) is 11.2 Å². The Morgan fingerprint density at radius 2 is 2.09 bits per heavy atom. The Labute approximate surface area is 184 Å². The fraction of sp³-hybridized carbons (Fsp3) is 0.333. The molecule has 1 saturated carbocycles. The molecule has 3 heterocycles. The molecule has 0 radical (unpaired) electrons. The van der Waals surface area contributed by atoms with Crippen LogP contribution in [0.5, 0.6) is 5.75 Å². The van der Waals surface area contributed by atoms with Crippen LogP contribution < -0.4 is 10.1 Å². The van der Waals surface area contributed by atoms with Crippen molar-refractivity contribution in [2.75, 3.05) is 12.4 Å². The van der Waals surface area contributed by atoms with E-state index in [1.165, 1.54) is 0 Å². The fourth-order valence-electron chi connectivity index (χ4n) is 4.56. The van der Waals surface area contributed by atoms with E-state index in [0.717, 1.165) is 57.8 Å². The fourth-order valence-corrected chi connectivity index (χ4v) is 4.56. The topological polar surface area (TPSA) is 106 Å². The van der Waals surface area contributed by atoms with E-state index in [-0.39, 0.29) is 5.78 Å². The van der Waals surface area contributed by atoms with Crippen molar-refractivity contribution in [2.45, 2.75) is 45.1 Å². The van der Waals surface area contributed by atoms with E-state index in [1.54, 1.807) is 13.4 Å². The summed E-state index contributed by atoms with van der Waals surface area (Å²) in [4.78, 5) is 25.3. The molecule has 0 aliphatic heterocycles. The number of fused-ring (bicyclic) bond motifs is 5. The number of aromatic amines is 1. The maximum atomic E-state index is 12.9. The summed E-state index contributed by atoms with van der Waals surface area (Å²) in [6.45, 7) is 2.66. The zero-order valence-electron chi connectivity index (χ0n) is 18.0. The minimum absolute atomic E-state index is 0.0983. The van der Waals surface area contributed by atoms with Crippen LogP contribution in [-0.4, -0.2) is 33.0 Å². The molecule has 0 saturated heterocycles. The lowest BCUT2D eigenvalue weighted by Crippen LogP contribution is -2.04. The van der Waals surface area contributed by atoms with E-state index < -0.39 is 0 Å². The molecule has 1 aromatic carbocycles. The number of hydrogen-bond donors (Lipinski definition) is 2. The van der Waals surface area contributed by atoms with Crippen molar-refractivity contribution in [1.82, 2.24) is 20.1 Å². The van der Waals surface area contributed by atoms with Crippen LogP contribution >= 0.6 is 0 Å². The molecule has 8 nitrogen and oxygen atoms in total. The Morgan fingerprint density at radius 1 is 1.22 bits per heavy atom. The van der Waals surface area contributed by atoms with Crippen molar-refractivity contribution < 1.29 is 14.1 Å². The summed E-state index contributed by atoms with van der Waals surface area (Å²) in [5.74, 6) is 2.70. The number of rotatable bonds is 5. The van der Waals surface area contributed by atoms with Gasteiger partial charge >= 0.3 is 0 Å². The van der Waals surface area contributed by atoms with Crippen molar-refractivity contribution in [3.8, 4) is 17.0 Å². The maximum absolute atomic E-state index is 12.9. The Balaban J connectivity index is 1.44. The molecule has 2 aliphatic rings. The molecular weight excluding hydrogens is 406 g/mol. The zero-order chi connectivity index (χ0) is 21.8. The number of benzene rings is 1. The first-order chi connectivity index (χ1) is 15.6. The van der Waals surface area contributed by atoms with Gasteiger partial charge in [0.1, 0.15) is 29.2 Å². The first-order valence-corrected chi connectivity index (χ1v) is 10.9. The number of nitrogens with zero attached hydrogens (tertiary/aromatic N) is 3. The third kappa shape index (κ3) is 2.97. The van der Waals surface area contributed by atoms with Gasteiger partial charge in [0.2, 0.25) is 0 Å². The molecule has 8 heteroatoms. The quantitative estimate of drug-likeness (QED) is 0.479. The van der Waals surface area contributed by atoms with Gasteiger partial charge < -0.3 is 19.6 Å². The van der Waals surface area contributed by atoms with E-state index >= 15 is 0 Å². The number of carbonyl (C=O) groups excluding carboxylic acids is 1. The lowest BCUT2D eigenvalue weighted by molar-refractivity contribution is 0.0982. The van der Waals surface area contributed by atoms with Gasteiger partial charge in [0.15, 0.2) is 11.5 Å². The largest absolute Gasteiger partial charge is 0.497 e. The number of carbonyl (C=O) groups is 1. The Kier molecular flexibility index (Phi) is 4.28. The van der Waals surface area contributed by atoms with Gasteiger partial charge in [-0.15, -0.1) is 0 Å². The van der Waals surface area contributed by atoms with Crippen LogP contribution in [0.4, 0.5) is 5.82 Å². The molecule has 4 aromatic rings. The Morgan fingerprint density at radius 3 is 2.88 bits per heavy atom. The summed E-state index contributed by atoms with van der Waals surface area (Å²) in [7, 11) is 1.67. The first-order valence-electron chi connectivity index (χ1n) is 10.9. The van der Waals surface area contributed by atoms with Crippen molar-refractivity contribution in [3.05, 3.63) is 52.7 Å². The lowest BCUT2D eigenvalue weighted by atomic mass is 10.0. The average Bonchev–Trinajstić information content (AvgIpc) is 3.47. The highest BCUT2D eigenvalue weighted by atomic mass is 16.5. The van der Waals surface area contributed by atoms with E-state index in [0.29, 0.717) is 42.4 Å². The Hall–Kier alpha value is -3.68. The second kappa shape index (κ2) is 7.19. The smallest absolute Gasteiger partial charge is 0.169 e. The van der Waals surface area contributed by atoms with Crippen molar-refractivity contribution in [3.63, 3.8) is 0 Å². The van der Waals surface area contributed by atoms with Gasteiger partial charge in [-0.25, -0.2) is 9.97 Å². The van der Waals surface area contributed by atoms with Gasteiger partial charge in [-0.3, -0.25) is 4.79 Å². The second-order valence-corrected chi connectivity index (χ2v) is 8.54. The van der Waals surface area contributed by atoms with Crippen molar-refractivity contribution in [2.24, 2.45) is 0 Å². The molecule has 1 fully saturated rings. The minimum atomic E-state index is 0.0983. The number of hydrogen-bond acceptors (Lipinski definition) is 7. The van der Waals surface area contributed by atoms with Crippen molar-refractivity contribution >= 4 is 22.6 Å². The summed E-state index contributed by atoms with van der Waals surface area (Å²) >= 11 is 0. The van der Waals surface area contributed by atoms with E-state index in [2.05, 4.69) is 32.3 Å². The van der Waals surface area contributed by atoms with Crippen LogP contribution in [0.25, 0.3) is 22.3 Å². The summed E-state index contributed by atoms with van der Waals surface area (Å²) in [5.41, 5.74) is 6.11. The molecule has 0 spiro atoms. The van der Waals surface area contributed by atoms with Crippen LogP contribution in [0.1, 0.15) is 58.1 Å². The van der Waals surface area contributed by atoms with Gasteiger partial charge in [0.05, 0.1) is 18.1 Å². The van der Waals surface area contributed by atoms with Gasteiger partial charge in [-0.2, -0.15) is 0 Å². The number of ether oxygens (including phenoxy) is 1. The first kappa shape index (κ1) is 19.0. The highest BCUT2D eigenvalue weighted by molar-refractivity contribution is 6.10. The zero-order valence-corrected chi connectivity index (χ0v) is 18.0. The molecule has 2 aliphatic carbocycles. The minimum Gasteiger partial charge on any atom is -0.497 e. The van der Waals surface area contributed by atoms with Crippen LogP contribution in [0.15, 0.2) is 29.0 Å². The van der Waals surface area contributed by atoms with Crippen LogP contribution in [0, 0.1) is 6.92 Å². The third-order valence-corrected chi connectivity index (χ3v) is 6.45. The number of Topliss-reactive ketones (excluding diaryl/α,β-unsaturated/α-hetero) is 1. The number of methoxy groups -OCH3 is 1. The van der Waals surface area contributed by atoms with Gasteiger partial charge in [-0.05, 0) is 49.4 Å². The number of aryl methyl sites for hydroxylation is 2. The number of ketones is 1. The normalized spacial score (nSPS) is 15.4. The molecule has 6 rings (SSSR count). The maximum Gasteiger partial charge on any atom is 0.169 e. The average molecular weight is 429 g/mol. The molecule has 0 amide bonds. The Bertz CT molecular complexity index is 1370. The molecule has 0 unspecified atom stereocenters. The molecule has 2 N–H and O–H groups in total. The number of nitrogens with one attached hydrogen (secondary N) is 2. The number of H-pyrrole nitrogens is 1. The third-order valence-electron chi connectivity index (χ3n) is 6.45. The standard InChI is InChI=1S/C24H23N5O3/c1-12-9-15(31-2)6-5-14(12)10-25-23-20-18-16(28-24(20)27-11-26-23)7-8-17(30)19-21(18)29-32-22(19)13-3-4-13/h5-6,9,11,13H,3-4,7-8,10H2,1-2H3,(H2,25,26,27,28). The lowest BCUT2D eigenvalue weighted by Gasteiger charge is -2.11. The summed E-state index contributed by atoms with van der Waals surface area (Å²) < 4.78 is 11.0. The predicted molar refractivity (Wildman–Crippen MR) is 119 cm³/mol. The van der Waals surface area contributed by atoms with E-state index in [1.807, 2.05) is 18.2 Å². The summed E-state index contributed by atoms with van der Waals surface area (Å²) in [5, 5.41) is 8.69. The van der Waals surface area contributed by atoms with Gasteiger partial charge in [0, 0.05) is 30.1 Å². The predicted octanol–water partition coefficient (Wildman–Crippen LogP) is 4.55. The summed E-state index contributed by atoms with van der Waals surface area (Å²) in [6, 6.07) is 6.02. The second-order valence-electron chi connectivity index (χ2n) is 8.54.